The Morgan fingerprint density at radius 1 is 0.900 bits per heavy atom. The molecule has 0 fully saturated rings. The van der Waals surface area contributed by atoms with Gasteiger partial charge in [-0.05, 0) is 24.0 Å². The van der Waals surface area contributed by atoms with E-state index in [0.717, 1.165) is 12.0 Å². The Balaban J connectivity index is 2.16. The molecule has 112 valence electrons. The molecule has 0 bridgehead atoms. The Labute approximate surface area is 123 Å². The topological polar surface area (TPSA) is 26.3 Å². The molecule has 2 nitrogen and oxygen atoms in total. The molecular formula is C18H28O2. The van der Waals surface area contributed by atoms with Gasteiger partial charge in [-0.2, -0.15) is 0 Å². The maximum absolute atomic E-state index is 11.2. The quantitative estimate of drug-likeness (QED) is 0.457. The van der Waals surface area contributed by atoms with Gasteiger partial charge in [0.05, 0.1) is 13.5 Å². The summed E-state index contributed by atoms with van der Waals surface area (Å²) in [5.41, 5.74) is 2.40. The molecule has 20 heavy (non-hydrogen) atoms. The number of esters is 1. The molecule has 0 spiro atoms. The second-order valence-corrected chi connectivity index (χ2v) is 5.44. The zero-order chi connectivity index (χ0) is 14.6. The molecule has 2 heteroatoms. The third-order valence-electron chi connectivity index (χ3n) is 3.67. The van der Waals surface area contributed by atoms with Gasteiger partial charge in [0.25, 0.3) is 0 Å². The number of unbranched alkanes of at least 4 members (excludes halogenated alkanes) is 6. The van der Waals surface area contributed by atoms with E-state index in [0.29, 0.717) is 6.42 Å². The Kier molecular flexibility index (Phi) is 8.77. The van der Waals surface area contributed by atoms with Gasteiger partial charge in [0, 0.05) is 0 Å². The van der Waals surface area contributed by atoms with Crippen LogP contribution in [0, 0.1) is 0 Å². The van der Waals surface area contributed by atoms with E-state index in [1.165, 1.54) is 57.6 Å². The first kappa shape index (κ1) is 16.7. The molecule has 0 unspecified atom stereocenters. The minimum atomic E-state index is -0.176. The predicted octanol–water partition coefficient (Wildman–Crippen LogP) is 4.70. The fraction of sp³-hybridized carbons (Fsp3) is 0.611. The largest absolute Gasteiger partial charge is 0.469 e. The van der Waals surface area contributed by atoms with Gasteiger partial charge in [-0.15, -0.1) is 0 Å². The highest BCUT2D eigenvalue weighted by molar-refractivity contribution is 5.72. The van der Waals surface area contributed by atoms with E-state index in [-0.39, 0.29) is 5.97 Å². The van der Waals surface area contributed by atoms with Gasteiger partial charge < -0.3 is 4.74 Å². The lowest BCUT2D eigenvalue weighted by Gasteiger charge is -2.04. The van der Waals surface area contributed by atoms with Crippen LogP contribution in [0.1, 0.15) is 63.0 Å². The smallest absolute Gasteiger partial charge is 0.309 e. The molecule has 0 heterocycles. The SMILES string of the molecule is CCCCCCCCCc1ccc(CC(=O)OC)cc1. The number of ether oxygens (including phenoxy) is 1. The number of methoxy groups -OCH3 is 1. The standard InChI is InChI=1S/C18H28O2/c1-3-4-5-6-7-8-9-10-16-11-13-17(14-12-16)15-18(19)20-2/h11-14H,3-10,15H2,1-2H3. The lowest BCUT2D eigenvalue weighted by molar-refractivity contribution is -0.139. The summed E-state index contributed by atoms with van der Waals surface area (Å²) in [5.74, 6) is -0.176. The number of benzene rings is 1. The van der Waals surface area contributed by atoms with Crippen molar-refractivity contribution < 1.29 is 9.53 Å². The summed E-state index contributed by atoms with van der Waals surface area (Å²) in [5, 5.41) is 0. The highest BCUT2D eigenvalue weighted by Gasteiger charge is 2.02. The minimum absolute atomic E-state index is 0.176. The van der Waals surface area contributed by atoms with Crippen LogP contribution in [0.25, 0.3) is 0 Å². The number of carbonyl (C=O) groups excluding carboxylic acids is 1. The molecule has 1 aromatic carbocycles. The molecule has 0 saturated carbocycles. The van der Waals surface area contributed by atoms with Gasteiger partial charge in [-0.1, -0.05) is 69.7 Å². The van der Waals surface area contributed by atoms with Gasteiger partial charge in [-0.25, -0.2) is 0 Å². The summed E-state index contributed by atoms with van der Waals surface area (Å²) in [6.07, 6.45) is 10.9. The molecule has 0 N–H and O–H groups in total. The molecule has 1 aromatic rings. The lowest BCUT2D eigenvalue weighted by atomic mass is 10.0. The number of rotatable bonds is 10. The number of hydrogen-bond donors (Lipinski definition) is 0. The van der Waals surface area contributed by atoms with Crippen molar-refractivity contribution in [1.82, 2.24) is 0 Å². The van der Waals surface area contributed by atoms with E-state index < -0.39 is 0 Å². The maximum Gasteiger partial charge on any atom is 0.309 e. The molecule has 0 aliphatic heterocycles. The average molecular weight is 276 g/mol. The molecular weight excluding hydrogens is 248 g/mol. The molecule has 1 rings (SSSR count). The first-order valence-corrected chi connectivity index (χ1v) is 7.91. The number of aryl methyl sites for hydroxylation is 1. The van der Waals surface area contributed by atoms with Gasteiger partial charge in [0.15, 0.2) is 0 Å². The lowest BCUT2D eigenvalue weighted by Crippen LogP contribution is -2.04. The van der Waals surface area contributed by atoms with E-state index in [1.807, 2.05) is 12.1 Å². The molecule has 0 saturated heterocycles. The van der Waals surface area contributed by atoms with Crippen LogP contribution in [0.5, 0.6) is 0 Å². The summed E-state index contributed by atoms with van der Waals surface area (Å²) in [4.78, 5) is 11.2. The van der Waals surface area contributed by atoms with E-state index in [9.17, 15) is 4.79 Å². The van der Waals surface area contributed by atoms with Crippen LogP contribution >= 0.6 is 0 Å². The summed E-state index contributed by atoms with van der Waals surface area (Å²) in [6, 6.07) is 8.34. The van der Waals surface area contributed by atoms with Crippen LogP contribution in [0.4, 0.5) is 0 Å². The molecule has 0 aliphatic rings. The zero-order valence-electron chi connectivity index (χ0n) is 13.0. The highest BCUT2D eigenvalue weighted by atomic mass is 16.5. The normalized spacial score (nSPS) is 10.5. The Morgan fingerprint density at radius 3 is 2.05 bits per heavy atom. The number of carbonyl (C=O) groups is 1. The fourth-order valence-electron chi connectivity index (χ4n) is 2.35. The van der Waals surface area contributed by atoms with Crippen molar-refractivity contribution in [3.63, 3.8) is 0 Å². The van der Waals surface area contributed by atoms with Crippen molar-refractivity contribution in [3.05, 3.63) is 35.4 Å². The summed E-state index contributed by atoms with van der Waals surface area (Å²) >= 11 is 0. The van der Waals surface area contributed by atoms with Crippen LogP contribution in [0.15, 0.2) is 24.3 Å². The molecule has 0 aromatic heterocycles. The van der Waals surface area contributed by atoms with Crippen LogP contribution in [-0.4, -0.2) is 13.1 Å². The van der Waals surface area contributed by atoms with Gasteiger partial charge in [-0.3, -0.25) is 4.79 Å². The third-order valence-corrected chi connectivity index (χ3v) is 3.67. The molecule has 0 aliphatic carbocycles. The third kappa shape index (κ3) is 7.32. The molecule has 0 radical (unpaired) electrons. The van der Waals surface area contributed by atoms with Gasteiger partial charge in [0.2, 0.25) is 0 Å². The van der Waals surface area contributed by atoms with E-state index in [2.05, 4.69) is 23.8 Å². The summed E-state index contributed by atoms with van der Waals surface area (Å²) in [6.45, 7) is 2.25. The van der Waals surface area contributed by atoms with Crippen LogP contribution < -0.4 is 0 Å². The summed E-state index contributed by atoms with van der Waals surface area (Å²) in [7, 11) is 1.43. The zero-order valence-corrected chi connectivity index (χ0v) is 13.0. The predicted molar refractivity (Wildman–Crippen MR) is 83.9 cm³/mol. The van der Waals surface area contributed by atoms with E-state index >= 15 is 0 Å². The molecule has 0 atom stereocenters. The van der Waals surface area contributed by atoms with Crippen LogP contribution in [-0.2, 0) is 22.4 Å². The first-order chi connectivity index (χ1) is 9.76. The first-order valence-electron chi connectivity index (χ1n) is 7.91. The highest BCUT2D eigenvalue weighted by Crippen LogP contribution is 2.12. The van der Waals surface area contributed by atoms with Crippen molar-refractivity contribution in [2.24, 2.45) is 0 Å². The van der Waals surface area contributed by atoms with Crippen molar-refractivity contribution in [2.45, 2.75) is 64.7 Å². The van der Waals surface area contributed by atoms with Crippen LogP contribution in [0.3, 0.4) is 0 Å². The number of hydrogen-bond acceptors (Lipinski definition) is 2. The van der Waals surface area contributed by atoms with Crippen molar-refractivity contribution in [1.29, 1.82) is 0 Å². The maximum atomic E-state index is 11.2. The average Bonchev–Trinajstić information content (AvgIpc) is 2.48. The minimum Gasteiger partial charge on any atom is -0.469 e. The van der Waals surface area contributed by atoms with Crippen molar-refractivity contribution in [2.75, 3.05) is 7.11 Å². The van der Waals surface area contributed by atoms with Crippen LogP contribution in [0.2, 0.25) is 0 Å². The molecule has 0 amide bonds. The second-order valence-electron chi connectivity index (χ2n) is 5.44. The van der Waals surface area contributed by atoms with Crippen molar-refractivity contribution in [3.8, 4) is 0 Å². The van der Waals surface area contributed by atoms with Crippen molar-refractivity contribution >= 4 is 5.97 Å². The fourth-order valence-corrected chi connectivity index (χ4v) is 2.35. The van der Waals surface area contributed by atoms with E-state index in [4.69, 9.17) is 0 Å². The summed E-state index contributed by atoms with van der Waals surface area (Å²) < 4.78 is 4.67. The monoisotopic (exact) mass is 276 g/mol. The second kappa shape index (κ2) is 10.5. The van der Waals surface area contributed by atoms with Gasteiger partial charge in [0.1, 0.15) is 0 Å². The Bertz CT molecular complexity index is 368. The van der Waals surface area contributed by atoms with Gasteiger partial charge >= 0.3 is 5.97 Å². The Morgan fingerprint density at radius 2 is 1.45 bits per heavy atom. The Hall–Kier alpha value is -1.31. The van der Waals surface area contributed by atoms with E-state index in [1.54, 1.807) is 0 Å².